The molecule has 6 nitrogen and oxygen atoms in total. The number of aromatic nitrogens is 2. The number of hydrogen-bond donors (Lipinski definition) is 1. The van der Waals surface area contributed by atoms with Crippen molar-refractivity contribution in [3.05, 3.63) is 42.2 Å². The van der Waals surface area contributed by atoms with Crippen LogP contribution >= 0.6 is 0 Å². The molecule has 0 bridgehead atoms. The molecule has 0 aliphatic heterocycles. The van der Waals surface area contributed by atoms with Gasteiger partial charge in [0.05, 0.1) is 12.9 Å². The van der Waals surface area contributed by atoms with E-state index in [9.17, 15) is 8.42 Å². The lowest BCUT2D eigenvalue weighted by molar-refractivity contribution is 0.185. The zero-order chi connectivity index (χ0) is 14.6. The molecular weight excluding hydrogens is 278 g/mol. The lowest BCUT2D eigenvalue weighted by Crippen LogP contribution is -2.12. The van der Waals surface area contributed by atoms with Crippen molar-refractivity contribution in [3.63, 3.8) is 0 Å². The van der Waals surface area contributed by atoms with Gasteiger partial charge in [0.25, 0.3) is 0 Å². The maximum absolute atomic E-state index is 11.3. The third-order valence-corrected chi connectivity index (χ3v) is 3.08. The molecule has 1 aromatic carbocycles. The molecule has 0 aliphatic carbocycles. The molecule has 1 heterocycles. The van der Waals surface area contributed by atoms with E-state index in [2.05, 4.69) is 14.7 Å². The van der Waals surface area contributed by atoms with Crippen LogP contribution in [0, 0.1) is 0 Å². The fraction of sp³-hybridized carbons (Fsp3) is 0.231. The Labute approximate surface area is 117 Å². The van der Waals surface area contributed by atoms with Gasteiger partial charge in [-0.25, -0.2) is 13.4 Å². The summed E-state index contributed by atoms with van der Waals surface area (Å²) in [6.07, 6.45) is 4.04. The predicted molar refractivity (Wildman–Crippen MR) is 76.6 cm³/mol. The maximum atomic E-state index is 11.3. The summed E-state index contributed by atoms with van der Waals surface area (Å²) in [4.78, 5) is 8.21. The number of sulfonamides is 1. The summed E-state index contributed by atoms with van der Waals surface area (Å²) in [6.45, 7) is 0.523. The van der Waals surface area contributed by atoms with Gasteiger partial charge in [-0.2, -0.15) is 0 Å². The first kappa shape index (κ1) is 14.4. The van der Waals surface area contributed by atoms with Gasteiger partial charge in [-0.3, -0.25) is 9.71 Å². The molecule has 1 aromatic heterocycles. The Balaban J connectivity index is 2.37. The second kappa shape index (κ2) is 5.98. The second-order valence-electron chi connectivity index (χ2n) is 4.26. The first-order chi connectivity index (χ1) is 9.49. The number of nitrogens with zero attached hydrogens (tertiary/aromatic N) is 2. The highest BCUT2D eigenvalue weighted by Gasteiger charge is 2.11. The molecule has 0 aliphatic rings. The van der Waals surface area contributed by atoms with E-state index < -0.39 is 10.0 Å². The van der Waals surface area contributed by atoms with E-state index in [4.69, 9.17) is 4.74 Å². The standard InChI is InChI=1S/C13H15N3O3S/c1-19-9-10-3-5-11(6-4-10)12-13(15-8-7-14-12)16-20(2,17)18/h3-8H,9H2,1-2H3,(H,15,16). The number of anilines is 1. The Kier molecular flexibility index (Phi) is 4.31. The summed E-state index contributed by atoms with van der Waals surface area (Å²) in [6, 6.07) is 7.51. The summed E-state index contributed by atoms with van der Waals surface area (Å²) >= 11 is 0. The van der Waals surface area contributed by atoms with Crippen LogP contribution in [-0.2, 0) is 21.4 Å². The molecule has 7 heteroatoms. The zero-order valence-corrected chi connectivity index (χ0v) is 12.0. The van der Waals surface area contributed by atoms with Crippen LogP contribution in [0.1, 0.15) is 5.56 Å². The third kappa shape index (κ3) is 3.75. The molecule has 0 saturated heterocycles. The van der Waals surface area contributed by atoms with E-state index >= 15 is 0 Å². The smallest absolute Gasteiger partial charge is 0.231 e. The predicted octanol–water partition coefficient (Wildman–Crippen LogP) is 1.66. The molecule has 2 rings (SSSR count). The van der Waals surface area contributed by atoms with Crippen LogP contribution in [0.25, 0.3) is 11.3 Å². The van der Waals surface area contributed by atoms with Crippen molar-refractivity contribution in [2.75, 3.05) is 18.1 Å². The molecule has 0 fully saturated rings. The zero-order valence-electron chi connectivity index (χ0n) is 11.2. The average Bonchev–Trinajstić information content (AvgIpc) is 2.39. The molecule has 0 unspecified atom stereocenters. The van der Waals surface area contributed by atoms with Crippen LogP contribution < -0.4 is 4.72 Å². The maximum Gasteiger partial charge on any atom is 0.231 e. The Morgan fingerprint density at radius 3 is 2.40 bits per heavy atom. The van der Waals surface area contributed by atoms with E-state index in [-0.39, 0.29) is 5.82 Å². The van der Waals surface area contributed by atoms with Crippen LogP contribution in [-0.4, -0.2) is 31.8 Å². The third-order valence-electron chi connectivity index (χ3n) is 2.52. The van der Waals surface area contributed by atoms with Crippen molar-refractivity contribution in [3.8, 4) is 11.3 Å². The van der Waals surface area contributed by atoms with E-state index in [0.29, 0.717) is 12.3 Å². The Morgan fingerprint density at radius 1 is 1.15 bits per heavy atom. The minimum absolute atomic E-state index is 0.217. The number of benzene rings is 1. The molecule has 1 N–H and O–H groups in total. The van der Waals surface area contributed by atoms with Crippen LogP contribution in [0.15, 0.2) is 36.7 Å². The quantitative estimate of drug-likeness (QED) is 0.906. The van der Waals surface area contributed by atoms with Gasteiger partial charge < -0.3 is 4.74 Å². The summed E-state index contributed by atoms with van der Waals surface area (Å²) in [5, 5.41) is 0. The van der Waals surface area contributed by atoms with Gasteiger partial charge in [0.2, 0.25) is 10.0 Å². The normalized spacial score (nSPS) is 11.3. The number of ether oxygens (including phenoxy) is 1. The summed E-state index contributed by atoms with van der Waals surface area (Å²) < 4.78 is 30.1. The van der Waals surface area contributed by atoms with Crippen molar-refractivity contribution < 1.29 is 13.2 Å². The highest BCUT2D eigenvalue weighted by atomic mass is 32.2. The minimum atomic E-state index is -3.40. The van der Waals surface area contributed by atoms with Gasteiger partial charge in [0.1, 0.15) is 5.69 Å². The second-order valence-corrected chi connectivity index (χ2v) is 6.01. The summed E-state index contributed by atoms with van der Waals surface area (Å²) in [7, 11) is -1.77. The average molecular weight is 293 g/mol. The van der Waals surface area contributed by atoms with Crippen molar-refractivity contribution in [2.45, 2.75) is 6.61 Å². The lowest BCUT2D eigenvalue weighted by Gasteiger charge is -2.09. The highest BCUT2D eigenvalue weighted by molar-refractivity contribution is 7.92. The minimum Gasteiger partial charge on any atom is -0.380 e. The van der Waals surface area contributed by atoms with Crippen molar-refractivity contribution in [1.82, 2.24) is 9.97 Å². The molecule has 0 spiro atoms. The monoisotopic (exact) mass is 293 g/mol. The molecule has 0 saturated carbocycles. The summed E-state index contributed by atoms with van der Waals surface area (Å²) in [5.74, 6) is 0.217. The van der Waals surface area contributed by atoms with Crippen LogP contribution in [0.3, 0.4) is 0 Å². The van der Waals surface area contributed by atoms with Crippen molar-refractivity contribution >= 4 is 15.8 Å². The Bertz CT molecular complexity index is 684. The van der Waals surface area contributed by atoms with E-state index in [1.807, 2.05) is 24.3 Å². The highest BCUT2D eigenvalue weighted by Crippen LogP contribution is 2.24. The SMILES string of the molecule is COCc1ccc(-c2nccnc2NS(C)(=O)=O)cc1. The number of nitrogens with one attached hydrogen (secondary N) is 1. The first-order valence-electron chi connectivity index (χ1n) is 5.86. The molecule has 2 aromatic rings. The fourth-order valence-corrected chi connectivity index (χ4v) is 2.23. The van der Waals surface area contributed by atoms with Crippen LogP contribution in [0.2, 0.25) is 0 Å². The largest absolute Gasteiger partial charge is 0.380 e. The van der Waals surface area contributed by atoms with Gasteiger partial charge in [0.15, 0.2) is 5.82 Å². The summed E-state index contributed by atoms with van der Waals surface area (Å²) in [5.41, 5.74) is 2.30. The molecule has 106 valence electrons. The Hall–Kier alpha value is -1.99. The molecular formula is C13H15N3O3S. The van der Waals surface area contributed by atoms with Crippen LogP contribution in [0.4, 0.5) is 5.82 Å². The lowest BCUT2D eigenvalue weighted by atomic mass is 10.1. The van der Waals surface area contributed by atoms with Crippen molar-refractivity contribution in [1.29, 1.82) is 0 Å². The van der Waals surface area contributed by atoms with E-state index in [0.717, 1.165) is 17.4 Å². The molecule has 0 amide bonds. The van der Waals surface area contributed by atoms with E-state index in [1.54, 1.807) is 7.11 Å². The van der Waals surface area contributed by atoms with Gasteiger partial charge in [-0.05, 0) is 5.56 Å². The van der Waals surface area contributed by atoms with Gasteiger partial charge >= 0.3 is 0 Å². The Morgan fingerprint density at radius 2 is 1.80 bits per heavy atom. The molecule has 20 heavy (non-hydrogen) atoms. The molecule has 0 atom stereocenters. The van der Waals surface area contributed by atoms with E-state index in [1.165, 1.54) is 12.4 Å². The van der Waals surface area contributed by atoms with Crippen molar-refractivity contribution in [2.24, 2.45) is 0 Å². The first-order valence-corrected chi connectivity index (χ1v) is 7.76. The van der Waals surface area contributed by atoms with Crippen LogP contribution in [0.5, 0.6) is 0 Å². The number of hydrogen-bond acceptors (Lipinski definition) is 5. The topological polar surface area (TPSA) is 81.2 Å². The fourth-order valence-electron chi connectivity index (χ4n) is 1.73. The number of methoxy groups -OCH3 is 1. The number of rotatable bonds is 5. The molecule has 0 radical (unpaired) electrons. The van der Waals surface area contributed by atoms with Gasteiger partial charge in [-0.1, -0.05) is 24.3 Å². The van der Waals surface area contributed by atoms with Gasteiger partial charge in [-0.15, -0.1) is 0 Å². The van der Waals surface area contributed by atoms with Gasteiger partial charge in [0, 0.05) is 25.1 Å².